The Labute approximate surface area is 116 Å². The van der Waals surface area contributed by atoms with E-state index in [1.807, 2.05) is 30.3 Å². The van der Waals surface area contributed by atoms with Crippen LogP contribution in [0.2, 0.25) is 0 Å². The van der Waals surface area contributed by atoms with E-state index in [0.29, 0.717) is 29.9 Å². The Morgan fingerprint density at radius 1 is 1.37 bits per heavy atom. The maximum Gasteiger partial charge on any atom is 0.410 e. The molecule has 1 heterocycles. The number of aldehydes is 1. The highest BCUT2D eigenvalue weighted by Crippen LogP contribution is 2.20. The van der Waals surface area contributed by atoms with Crippen LogP contribution in [0.1, 0.15) is 12.0 Å². The van der Waals surface area contributed by atoms with E-state index < -0.39 is 6.09 Å². The van der Waals surface area contributed by atoms with Gasteiger partial charge in [-0.2, -0.15) is 0 Å². The lowest BCUT2D eigenvalue weighted by atomic mass is 10.1. The molecule has 0 saturated heterocycles. The van der Waals surface area contributed by atoms with Crippen molar-refractivity contribution in [3.63, 3.8) is 0 Å². The fourth-order valence-corrected chi connectivity index (χ4v) is 2.02. The summed E-state index contributed by atoms with van der Waals surface area (Å²) in [7, 11) is 0. The average Bonchev–Trinajstić information content (AvgIpc) is 2.46. The van der Waals surface area contributed by atoms with Crippen LogP contribution < -0.4 is 0 Å². The first-order valence-electron chi connectivity index (χ1n) is 5.99. The number of hydrogen-bond acceptors (Lipinski definition) is 3. The second kappa shape index (κ2) is 6.38. The molecule has 1 aromatic carbocycles. The first-order chi connectivity index (χ1) is 9.20. The van der Waals surface area contributed by atoms with E-state index in [1.54, 1.807) is 0 Å². The van der Waals surface area contributed by atoms with Gasteiger partial charge in [0.25, 0.3) is 0 Å². The van der Waals surface area contributed by atoms with E-state index >= 15 is 0 Å². The fourth-order valence-electron chi connectivity index (χ4n) is 1.83. The molecule has 1 amide bonds. The fraction of sp³-hybridized carbons (Fsp3) is 0.286. The Balaban J connectivity index is 1.89. The van der Waals surface area contributed by atoms with E-state index in [2.05, 4.69) is 0 Å². The standard InChI is InChI=1S/C14H14ClNO3/c15-13-6-7-16(8-12(13)9-17)14(18)19-10-11-4-2-1-3-5-11/h1-5,9H,6-8,10H2. The molecule has 1 aliphatic rings. The van der Waals surface area contributed by atoms with Gasteiger partial charge in [0.2, 0.25) is 0 Å². The number of carbonyl (C=O) groups is 2. The van der Waals surface area contributed by atoms with Gasteiger partial charge in [0.05, 0.1) is 6.54 Å². The van der Waals surface area contributed by atoms with Crippen LogP contribution in [0.25, 0.3) is 0 Å². The number of ether oxygens (including phenoxy) is 1. The summed E-state index contributed by atoms with van der Waals surface area (Å²) in [5.41, 5.74) is 1.38. The van der Waals surface area contributed by atoms with Gasteiger partial charge in [-0.3, -0.25) is 4.79 Å². The molecule has 0 saturated carbocycles. The predicted molar refractivity (Wildman–Crippen MR) is 71.8 cm³/mol. The topological polar surface area (TPSA) is 46.6 Å². The van der Waals surface area contributed by atoms with Crippen molar-refractivity contribution in [2.45, 2.75) is 13.0 Å². The van der Waals surface area contributed by atoms with Gasteiger partial charge in [-0.1, -0.05) is 41.9 Å². The van der Waals surface area contributed by atoms with Crippen molar-refractivity contribution in [2.75, 3.05) is 13.1 Å². The highest BCUT2D eigenvalue weighted by molar-refractivity contribution is 6.31. The van der Waals surface area contributed by atoms with Gasteiger partial charge in [0.1, 0.15) is 12.9 Å². The summed E-state index contributed by atoms with van der Waals surface area (Å²) in [5, 5.41) is 0.530. The molecule has 2 rings (SSSR count). The summed E-state index contributed by atoms with van der Waals surface area (Å²) in [6, 6.07) is 9.45. The predicted octanol–water partition coefficient (Wildman–Crippen LogP) is 2.72. The molecule has 0 radical (unpaired) electrons. The molecule has 0 spiro atoms. The molecule has 5 heteroatoms. The van der Waals surface area contributed by atoms with Gasteiger partial charge >= 0.3 is 6.09 Å². The lowest BCUT2D eigenvalue weighted by molar-refractivity contribution is -0.105. The van der Waals surface area contributed by atoms with Crippen molar-refractivity contribution in [1.29, 1.82) is 0 Å². The average molecular weight is 280 g/mol. The normalized spacial score (nSPS) is 15.3. The molecule has 0 atom stereocenters. The van der Waals surface area contributed by atoms with Crippen molar-refractivity contribution in [3.05, 3.63) is 46.5 Å². The van der Waals surface area contributed by atoms with Gasteiger partial charge in [-0.25, -0.2) is 4.79 Å². The Bertz CT molecular complexity index is 499. The SMILES string of the molecule is O=CC1=C(Cl)CCN(C(=O)OCc2ccccc2)C1. The van der Waals surface area contributed by atoms with Crippen molar-refractivity contribution in [3.8, 4) is 0 Å². The van der Waals surface area contributed by atoms with Crippen LogP contribution in [-0.2, 0) is 16.1 Å². The number of amides is 1. The third kappa shape index (κ3) is 3.58. The highest BCUT2D eigenvalue weighted by atomic mass is 35.5. The molecule has 0 aliphatic carbocycles. The summed E-state index contributed by atoms with van der Waals surface area (Å²) in [6.07, 6.45) is 0.766. The minimum absolute atomic E-state index is 0.218. The van der Waals surface area contributed by atoms with Crippen molar-refractivity contribution < 1.29 is 14.3 Å². The van der Waals surface area contributed by atoms with E-state index in [4.69, 9.17) is 16.3 Å². The zero-order valence-corrected chi connectivity index (χ0v) is 11.1. The number of nitrogens with zero attached hydrogens (tertiary/aromatic N) is 1. The maximum absolute atomic E-state index is 11.9. The summed E-state index contributed by atoms with van der Waals surface area (Å²) in [5.74, 6) is 0. The number of benzene rings is 1. The van der Waals surface area contributed by atoms with Crippen LogP contribution in [0.5, 0.6) is 0 Å². The number of halogens is 1. The van der Waals surface area contributed by atoms with Gasteiger partial charge < -0.3 is 9.64 Å². The monoisotopic (exact) mass is 279 g/mol. The van der Waals surface area contributed by atoms with Gasteiger partial charge in [-0.05, 0) is 5.56 Å². The van der Waals surface area contributed by atoms with Crippen LogP contribution in [0, 0.1) is 0 Å². The Morgan fingerprint density at radius 3 is 2.79 bits per heavy atom. The molecule has 1 aliphatic heterocycles. The van der Waals surface area contributed by atoms with Crippen molar-refractivity contribution in [2.24, 2.45) is 0 Å². The highest BCUT2D eigenvalue weighted by Gasteiger charge is 2.22. The molecule has 0 fully saturated rings. The van der Waals surface area contributed by atoms with Crippen LogP contribution in [0.4, 0.5) is 4.79 Å². The molecule has 19 heavy (non-hydrogen) atoms. The second-order valence-corrected chi connectivity index (χ2v) is 4.72. The summed E-state index contributed by atoms with van der Waals surface area (Å²) in [6.45, 7) is 0.920. The van der Waals surface area contributed by atoms with Crippen molar-refractivity contribution >= 4 is 24.0 Å². The lowest BCUT2D eigenvalue weighted by Gasteiger charge is -2.26. The minimum atomic E-state index is -0.424. The van der Waals surface area contributed by atoms with Crippen LogP contribution in [0.15, 0.2) is 40.9 Å². The lowest BCUT2D eigenvalue weighted by Crippen LogP contribution is -2.37. The molecule has 1 aromatic rings. The number of carbonyl (C=O) groups excluding carboxylic acids is 2. The quantitative estimate of drug-likeness (QED) is 0.799. The smallest absolute Gasteiger partial charge is 0.410 e. The second-order valence-electron chi connectivity index (χ2n) is 4.26. The Kier molecular flexibility index (Phi) is 4.58. The van der Waals surface area contributed by atoms with Crippen molar-refractivity contribution in [1.82, 2.24) is 4.90 Å². The maximum atomic E-state index is 11.9. The van der Waals surface area contributed by atoms with E-state index in [9.17, 15) is 9.59 Å². The van der Waals surface area contributed by atoms with Gasteiger partial charge in [0.15, 0.2) is 0 Å². The Hall–Kier alpha value is -1.81. The molecule has 0 bridgehead atoms. The summed E-state index contributed by atoms with van der Waals surface area (Å²) < 4.78 is 5.20. The minimum Gasteiger partial charge on any atom is -0.445 e. The zero-order chi connectivity index (χ0) is 13.7. The van der Waals surface area contributed by atoms with E-state index in [1.165, 1.54) is 4.90 Å². The molecule has 100 valence electrons. The van der Waals surface area contributed by atoms with Crippen LogP contribution in [-0.4, -0.2) is 30.4 Å². The number of rotatable bonds is 3. The molecule has 0 N–H and O–H groups in total. The first kappa shape index (κ1) is 13.6. The number of hydrogen-bond donors (Lipinski definition) is 0. The molecule has 0 unspecified atom stereocenters. The van der Waals surface area contributed by atoms with Crippen LogP contribution in [0.3, 0.4) is 0 Å². The van der Waals surface area contributed by atoms with E-state index in [-0.39, 0.29) is 13.2 Å². The summed E-state index contributed by atoms with van der Waals surface area (Å²) in [4.78, 5) is 24.1. The molecule has 4 nitrogen and oxygen atoms in total. The molecular weight excluding hydrogens is 266 g/mol. The molecular formula is C14H14ClNO3. The van der Waals surface area contributed by atoms with Gasteiger partial charge in [-0.15, -0.1) is 0 Å². The largest absolute Gasteiger partial charge is 0.445 e. The molecule has 0 aromatic heterocycles. The van der Waals surface area contributed by atoms with Gasteiger partial charge in [0, 0.05) is 23.6 Å². The third-order valence-corrected chi connectivity index (χ3v) is 3.35. The Morgan fingerprint density at radius 2 is 2.11 bits per heavy atom. The van der Waals surface area contributed by atoms with E-state index in [0.717, 1.165) is 5.56 Å². The third-order valence-electron chi connectivity index (χ3n) is 2.92. The first-order valence-corrected chi connectivity index (χ1v) is 6.37. The zero-order valence-electron chi connectivity index (χ0n) is 10.3. The van der Waals surface area contributed by atoms with Crippen LogP contribution >= 0.6 is 11.6 Å². The summed E-state index contributed by atoms with van der Waals surface area (Å²) >= 11 is 5.90.